The summed E-state index contributed by atoms with van der Waals surface area (Å²) in [7, 11) is 0. The van der Waals surface area contributed by atoms with E-state index in [0.717, 1.165) is 41.7 Å². The van der Waals surface area contributed by atoms with Crippen molar-refractivity contribution in [2.45, 2.75) is 46.1 Å². The summed E-state index contributed by atoms with van der Waals surface area (Å²) >= 11 is 4.83. The molecule has 0 fully saturated rings. The highest BCUT2D eigenvalue weighted by Gasteiger charge is 2.28. The van der Waals surface area contributed by atoms with Gasteiger partial charge >= 0.3 is 17.8 Å². The Hall–Kier alpha value is -3.70. The van der Waals surface area contributed by atoms with E-state index in [9.17, 15) is 14.4 Å². The predicted octanol–water partition coefficient (Wildman–Crippen LogP) is 5.63. The first-order valence-corrected chi connectivity index (χ1v) is 14.6. The van der Waals surface area contributed by atoms with E-state index in [0.29, 0.717) is 45.3 Å². The molecule has 4 rings (SSSR count). The van der Waals surface area contributed by atoms with Crippen molar-refractivity contribution in [3.8, 4) is 11.5 Å². The summed E-state index contributed by atoms with van der Waals surface area (Å²) < 4.78 is 17.6. The summed E-state index contributed by atoms with van der Waals surface area (Å²) in [5, 5.41) is 6.83. The Bertz CT molecular complexity index is 1410. The van der Waals surface area contributed by atoms with Crippen molar-refractivity contribution in [1.82, 2.24) is 5.43 Å². The molecule has 40 heavy (non-hydrogen) atoms. The molecule has 0 aliphatic heterocycles. The predicted molar refractivity (Wildman–Crippen MR) is 157 cm³/mol. The number of nitrogens with zero attached hydrogens (tertiary/aromatic N) is 1. The maximum absolute atomic E-state index is 12.6. The summed E-state index contributed by atoms with van der Waals surface area (Å²) in [5.41, 5.74) is 5.10. The van der Waals surface area contributed by atoms with Crippen molar-refractivity contribution in [2.24, 2.45) is 5.10 Å². The summed E-state index contributed by atoms with van der Waals surface area (Å²) in [6.45, 7) is 4.59. The Morgan fingerprint density at radius 2 is 1.80 bits per heavy atom. The van der Waals surface area contributed by atoms with E-state index in [1.165, 1.54) is 17.6 Å². The van der Waals surface area contributed by atoms with E-state index in [2.05, 4.69) is 31.8 Å². The first-order valence-electron chi connectivity index (χ1n) is 13.0. The van der Waals surface area contributed by atoms with Gasteiger partial charge in [0, 0.05) is 4.88 Å². The van der Waals surface area contributed by atoms with Gasteiger partial charge in [0.05, 0.1) is 29.5 Å². The molecule has 0 unspecified atom stereocenters. The molecular weight excluding hydrogens is 598 g/mol. The van der Waals surface area contributed by atoms with E-state index < -0.39 is 17.8 Å². The van der Waals surface area contributed by atoms with Gasteiger partial charge in [0.25, 0.3) is 0 Å². The third-order valence-electron chi connectivity index (χ3n) is 6.02. The lowest BCUT2D eigenvalue weighted by molar-refractivity contribution is -0.136. The van der Waals surface area contributed by atoms with Gasteiger partial charge in [-0.05, 0) is 84.3 Å². The molecule has 0 spiro atoms. The maximum Gasteiger partial charge on any atom is 0.341 e. The van der Waals surface area contributed by atoms with E-state index in [1.807, 2.05) is 37.3 Å². The Labute approximate surface area is 245 Å². The molecule has 2 amide bonds. The normalized spacial score (nSPS) is 12.5. The highest BCUT2D eigenvalue weighted by Crippen LogP contribution is 2.39. The zero-order valence-corrected chi connectivity index (χ0v) is 24.7. The topological polar surface area (TPSA) is 115 Å². The number of fused-ring (bicyclic) bond motifs is 1. The monoisotopic (exact) mass is 627 g/mol. The fraction of sp³-hybridized carbons (Fsp3) is 0.310. The molecule has 1 aliphatic carbocycles. The third kappa shape index (κ3) is 7.28. The maximum atomic E-state index is 12.6. The Morgan fingerprint density at radius 1 is 1.02 bits per heavy atom. The van der Waals surface area contributed by atoms with E-state index in [-0.39, 0.29) is 6.61 Å². The van der Waals surface area contributed by atoms with Crippen LogP contribution in [0, 0.1) is 0 Å². The molecule has 0 atom stereocenters. The van der Waals surface area contributed by atoms with Gasteiger partial charge in [-0.3, -0.25) is 9.59 Å². The summed E-state index contributed by atoms with van der Waals surface area (Å²) in [4.78, 5) is 38.8. The molecule has 1 aliphatic rings. The van der Waals surface area contributed by atoms with E-state index in [4.69, 9.17) is 14.2 Å². The summed E-state index contributed by atoms with van der Waals surface area (Å²) in [5.74, 6) is -1.34. The van der Waals surface area contributed by atoms with Gasteiger partial charge in [-0.15, -0.1) is 11.3 Å². The Morgan fingerprint density at radius 3 is 2.55 bits per heavy atom. The number of anilines is 1. The van der Waals surface area contributed by atoms with Crippen molar-refractivity contribution in [3.63, 3.8) is 0 Å². The zero-order chi connectivity index (χ0) is 28.5. The molecule has 2 aromatic carbocycles. The summed E-state index contributed by atoms with van der Waals surface area (Å²) in [6.07, 6.45) is 4.93. The molecule has 0 saturated heterocycles. The van der Waals surface area contributed by atoms with Crippen molar-refractivity contribution in [1.29, 1.82) is 0 Å². The fourth-order valence-corrected chi connectivity index (χ4v) is 6.09. The van der Waals surface area contributed by atoms with E-state index in [1.54, 1.807) is 19.1 Å². The largest absolute Gasteiger partial charge is 0.490 e. The first kappa shape index (κ1) is 29.3. The number of halogens is 1. The Balaban J connectivity index is 1.42. The lowest BCUT2D eigenvalue weighted by Gasteiger charge is -2.14. The van der Waals surface area contributed by atoms with Crippen LogP contribution in [-0.4, -0.2) is 37.2 Å². The van der Waals surface area contributed by atoms with Gasteiger partial charge in [-0.1, -0.05) is 30.3 Å². The van der Waals surface area contributed by atoms with Crippen molar-refractivity contribution in [3.05, 3.63) is 74.1 Å². The minimum Gasteiger partial charge on any atom is -0.490 e. The Kier molecular flexibility index (Phi) is 10.3. The number of hydrazone groups is 1. The van der Waals surface area contributed by atoms with Gasteiger partial charge in [0.15, 0.2) is 11.5 Å². The molecule has 1 aromatic heterocycles. The van der Waals surface area contributed by atoms with Gasteiger partial charge < -0.3 is 19.5 Å². The molecule has 9 nitrogen and oxygen atoms in total. The van der Waals surface area contributed by atoms with Crippen LogP contribution in [0.15, 0.2) is 52.0 Å². The molecular formula is C29H30BrN3O6S. The second kappa shape index (κ2) is 14.1. The lowest BCUT2D eigenvalue weighted by atomic mass is 9.95. The van der Waals surface area contributed by atoms with Crippen molar-refractivity contribution in [2.75, 3.05) is 18.5 Å². The van der Waals surface area contributed by atoms with Gasteiger partial charge in [-0.2, -0.15) is 5.10 Å². The summed E-state index contributed by atoms with van der Waals surface area (Å²) in [6, 6.07) is 13.3. The van der Waals surface area contributed by atoms with Gasteiger partial charge in [0.2, 0.25) is 0 Å². The van der Waals surface area contributed by atoms with E-state index >= 15 is 0 Å². The highest BCUT2D eigenvalue weighted by molar-refractivity contribution is 9.10. The number of thiophene rings is 1. The van der Waals surface area contributed by atoms with Crippen LogP contribution in [0.5, 0.6) is 11.5 Å². The van der Waals surface area contributed by atoms with Crippen LogP contribution < -0.4 is 20.2 Å². The van der Waals surface area contributed by atoms with Gasteiger partial charge in [-0.25, -0.2) is 10.2 Å². The number of benzene rings is 2. The van der Waals surface area contributed by atoms with Crippen LogP contribution >= 0.6 is 27.3 Å². The number of hydrogen-bond donors (Lipinski definition) is 2. The number of ether oxygens (including phenoxy) is 3. The number of esters is 1. The second-order valence-electron chi connectivity index (χ2n) is 8.83. The van der Waals surface area contributed by atoms with Crippen LogP contribution in [-0.2, 0) is 33.8 Å². The van der Waals surface area contributed by atoms with Crippen LogP contribution in [0.25, 0.3) is 0 Å². The SMILES string of the molecule is CCOC(=O)c1c(NC(=O)C(=O)NN=Cc2cc(Br)c(OCc3ccccc3)c(OCC)c2)sc2c1CCCC2. The minimum absolute atomic E-state index is 0.216. The molecule has 210 valence electrons. The average molecular weight is 629 g/mol. The van der Waals surface area contributed by atoms with Crippen molar-refractivity contribution >= 4 is 56.3 Å². The molecule has 1 heterocycles. The molecule has 11 heteroatoms. The third-order valence-corrected chi connectivity index (χ3v) is 7.82. The lowest BCUT2D eigenvalue weighted by Crippen LogP contribution is -2.32. The highest BCUT2D eigenvalue weighted by atomic mass is 79.9. The average Bonchev–Trinajstić information content (AvgIpc) is 3.31. The smallest absolute Gasteiger partial charge is 0.341 e. The second-order valence-corrected chi connectivity index (χ2v) is 10.8. The number of amides is 2. The number of rotatable bonds is 10. The number of aryl methyl sites for hydroxylation is 1. The standard InChI is InChI=1S/C29H30BrN3O6S/c1-3-37-22-15-19(14-21(30)25(22)39-17-18-10-6-5-7-11-18)16-31-33-27(35)26(34)32-28-24(29(36)38-4-2)20-12-8-9-13-23(20)40-28/h5-7,10-11,14-16H,3-4,8-9,12-13,17H2,1-2H3,(H,32,34)(H,33,35). The minimum atomic E-state index is -0.968. The molecule has 0 saturated carbocycles. The first-order chi connectivity index (χ1) is 19.4. The zero-order valence-electron chi connectivity index (χ0n) is 22.3. The molecule has 0 radical (unpaired) electrons. The molecule has 0 bridgehead atoms. The van der Waals surface area contributed by atoms with Crippen LogP contribution in [0.1, 0.15) is 58.6 Å². The van der Waals surface area contributed by atoms with Crippen LogP contribution in [0.4, 0.5) is 5.00 Å². The number of carbonyl (C=O) groups is 3. The number of hydrogen-bond acceptors (Lipinski definition) is 8. The molecule has 2 N–H and O–H groups in total. The molecule has 3 aromatic rings. The van der Waals surface area contributed by atoms with Crippen molar-refractivity contribution < 1.29 is 28.6 Å². The number of carbonyl (C=O) groups excluding carboxylic acids is 3. The fourth-order valence-electron chi connectivity index (χ4n) is 4.24. The number of nitrogens with one attached hydrogen (secondary N) is 2. The van der Waals surface area contributed by atoms with Gasteiger partial charge in [0.1, 0.15) is 11.6 Å². The quantitative estimate of drug-likeness (QED) is 0.130. The van der Waals surface area contributed by atoms with Crippen LogP contribution in [0.2, 0.25) is 0 Å². The van der Waals surface area contributed by atoms with Crippen LogP contribution in [0.3, 0.4) is 0 Å².